The van der Waals surface area contributed by atoms with E-state index in [-0.39, 0.29) is 20.9 Å². The molecule has 0 amide bonds. The van der Waals surface area contributed by atoms with Crippen LogP contribution < -0.4 is 0 Å². The van der Waals surface area contributed by atoms with Gasteiger partial charge in [-0.3, -0.25) is 9.78 Å². The lowest BCUT2D eigenvalue weighted by molar-refractivity contribution is -0.301. The molecule has 0 saturated carbocycles. The molecule has 0 saturated heterocycles. The van der Waals surface area contributed by atoms with Crippen molar-refractivity contribution in [2.24, 2.45) is 0 Å². The second kappa shape index (κ2) is 9.51. The molecular weight excluding hydrogens is 408 g/mol. The van der Waals surface area contributed by atoms with Crippen LogP contribution in [0.15, 0.2) is 58.3 Å². The van der Waals surface area contributed by atoms with Crippen molar-refractivity contribution < 1.29 is 33.3 Å². The standard InChI is InChI=1S/C22H26O7S/c1-21(2,3)28-26-19(23)15-11-7-9-13-17(15)30(25)18-14-10-8-12-16(18)20(24)27-29-22(4,5)6/h7-14H,1-6H3. The highest BCUT2D eigenvalue weighted by Crippen LogP contribution is 2.25. The maximum atomic E-state index is 13.3. The molecule has 7 nitrogen and oxygen atoms in total. The van der Waals surface area contributed by atoms with Crippen LogP contribution in [0.4, 0.5) is 0 Å². The fourth-order valence-corrected chi connectivity index (χ4v) is 3.47. The second-order valence-corrected chi connectivity index (χ2v) is 9.81. The fraction of sp³-hybridized carbons (Fsp3) is 0.364. The lowest BCUT2D eigenvalue weighted by Gasteiger charge is -2.18. The molecule has 0 atom stereocenters. The first-order valence-electron chi connectivity index (χ1n) is 9.29. The van der Waals surface area contributed by atoms with E-state index in [0.29, 0.717) is 0 Å². The van der Waals surface area contributed by atoms with Crippen molar-refractivity contribution in [1.82, 2.24) is 0 Å². The summed E-state index contributed by atoms with van der Waals surface area (Å²) in [4.78, 5) is 45.2. The van der Waals surface area contributed by atoms with Crippen molar-refractivity contribution in [1.29, 1.82) is 0 Å². The summed E-state index contributed by atoms with van der Waals surface area (Å²) >= 11 is 0. The summed E-state index contributed by atoms with van der Waals surface area (Å²) in [6.45, 7) is 10.4. The SMILES string of the molecule is CC(C)(C)OOC(=O)c1ccccc1S(=O)c1ccccc1C(=O)OOC(C)(C)C. The van der Waals surface area contributed by atoms with E-state index in [4.69, 9.17) is 19.6 Å². The summed E-state index contributed by atoms with van der Waals surface area (Å²) in [6.07, 6.45) is 0. The summed E-state index contributed by atoms with van der Waals surface area (Å²) in [5.41, 5.74) is -1.27. The van der Waals surface area contributed by atoms with Crippen LogP contribution in [-0.4, -0.2) is 27.3 Å². The second-order valence-electron chi connectivity index (χ2n) is 8.39. The molecule has 2 aromatic rings. The average Bonchev–Trinajstić information content (AvgIpc) is 2.68. The van der Waals surface area contributed by atoms with Gasteiger partial charge in [0.25, 0.3) is 0 Å². The van der Waals surface area contributed by atoms with Gasteiger partial charge in [-0.2, -0.15) is 9.78 Å². The first-order valence-corrected chi connectivity index (χ1v) is 10.4. The van der Waals surface area contributed by atoms with Crippen LogP contribution in [0.2, 0.25) is 0 Å². The van der Waals surface area contributed by atoms with Crippen molar-refractivity contribution in [2.75, 3.05) is 0 Å². The van der Waals surface area contributed by atoms with Crippen molar-refractivity contribution >= 4 is 22.7 Å². The molecule has 162 valence electrons. The Labute approximate surface area is 178 Å². The molecule has 0 bridgehead atoms. The van der Waals surface area contributed by atoms with Crippen molar-refractivity contribution in [3.63, 3.8) is 0 Å². The number of hydrogen-bond donors (Lipinski definition) is 0. The highest BCUT2D eigenvalue weighted by molar-refractivity contribution is 7.85. The smallest absolute Gasteiger partial charge is 0.292 e. The summed E-state index contributed by atoms with van der Waals surface area (Å²) in [6, 6.07) is 12.5. The Morgan fingerprint density at radius 1 is 0.667 bits per heavy atom. The molecule has 0 radical (unpaired) electrons. The molecule has 2 rings (SSSR count). The monoisotopic (exact) mass is 434 g/mol. The number of rotatable bonds is 6. The van der Waals surface area contributed by atoms with Gasteiger partial charge >= 0.3 is 11.9 Å². The molecule has 0 aromatic heterocycles. The van der Waals surface area contributed by atoms with Gasteiger partial charge in [-0.05, 0) is 65.8 Å². The zero-order valence-corrected chi connectivity index (χ0v) is 18.7. The maximum Gasteiger partial charge on any atom is 0.374 e. The Kier molecular flexibility index (Phi) is 7.52. The molecular formula is C22H26O7S. The van der Waals surface area contributed by atoms with E-state index in [1.807, 2.05) is 0 Å². The van der Waals surface area contributed by atoms with Gasteiger partial charge in [0.1, 0.15) is 11.2 Å². The summed E-state index contributed by atoms with van der Waals surface area (Å²) < 4.78 is 13.3. The van der Waals surface area contributed by atoms with Gasteiger partial charge in [0.05, 0.1) is 31.7 Å². The molecule has 8 heteroatoms. The van der Waals surface area contributed by atoms with Crippen molar-refractivity contribution in [2.45, 2.75) is 62.5 Å². The first-order chi connectivity index (χ1) is 13.9. The van der Waals surface area contributed by atoms with E-state index >= 15 is 0 Å². The predicted octanol–water partition coefficient (Wildman–Crippen LogP) is 4.63. The van der Waals surface area contributed by atoms with Gasteiger partial charge in [-0.15, -0.1) is 0 Å². The Hall–Kier alpha value is -2.55. The Bertz CT molecular complexity index is 863. The molecule has 30 heavy (non-hydrogen) atoms. The summed E-state index contributed by atoms with van der Waals surface area (Å²) in [5.74, 6) is -1.57. The predicted molar refractivity (Wildman–Crippen MR) is 110 cm³/mol. The van der Waals surface area contributed by atoms with Crippen LogP contribution in [0.5, 0.6) is 0 Å². The quantitative estimate of drug-likeness (QED) is 0.484. The highest BCUT2D eigenvalue weighted by Gasteiger charge is 2.25. The normalized spacial score (nSPS) is 12.0. The minimum absolute atomic E-state index is 0.0641. The molecule has 0 aliphatic rings. The minimum atomic E-state index is -1.87. The van der Waals surface area contributed by atoms with Gasteiger partial charge in [0.2, 0.25) is 0 Å². The Morgan fingerprint density at radius 3 is 1.33 bits per heavy atom. The van der Waals surface area contributed by atoms with Crippen LogP contribution in [0.1, 0.15) is 62.3 Å². The highest BCUT2D eigenvalue weighted by atomic mass is 32.2. The summed E-state index contributed by atoms with van der Waals surface area (Å²) in [5, 5.41) is 0. The topological polar surface area (TPSA) is 88.1 Å². The number of benzene rings is 2. The van der Waals surface area contributed by atoms with Crippen LogP contribution in [0.3, 0.4) is 0 Å². The number of carbonyl (C=O) groups excluding carboxylic acids is 2. The number of hydrogen-bond acceptors (Lipinski definition) is 7. The average molecular weight is 435 g/mol. The molecule has 0 N–H and O–H groups in total. The van der Waals surface area contributed by atoms with Crippen molar-refractivity contribution in [3.05, 3.63) is 59.7 Å². The van der Waals surface area contributed by atoms with Gasteiger partial charge in [-0.25, -0.2) is 13.8 Å². The zero-order chi connectivity index (χ0) is 22.5. The zero-order valence-electron chi connectivity index (χ0n) is 17.9. The van der Waals surface area contributed by atoms with E-state index in [2.05, 4.69) is 0 Å². The molecule has 0 heterocycles. The van der Waals surface area contributed by atoms with Crippen LogP contribution in [0, 0.1) is 0 Å². The van der Waals surface area contributed by atoms with E-state index in [1.165, 1.54) is 24.3 Å². The summed E-state index contributed by atoms with van der Waals surface area (Å²) in [7, 11) is -1.87. The molecule has 0 unspecified atom stereocenters. The molecule has 0 spiro atoms. The number of carbonyl (C=O) groups is 2. The third-order valence-corrected chi connectivity index (χ3v) is 4.86. The Balaban J connectivity index is 2.34. The molecule has 2 aromatic carbocycles. The van der Waals surface area contributed by atoms with E-state index in [9.17, 15) is 13.8 Å². The maximum absolute atomic E-state index is 13.3. The van der Waals surface area contributed by atoms with Gasteiger partial charge in [0.15, 0.2) is 0 Å². The first kappa shape index (κ1) is 23.7. The van der Waals surface area contributed by atoms with E-state index in [0.717, 1.165) is 0 Å². The minimum Gasteiger partial charge on any atom is -0.292 e. The third kappa shape index (κ3) is 6.76. The Morgan fingerprint density at radius 2 is 1.00 bits per heavy atom. The van der Waals surface area contributed by atoms with Crippen LogP contribution >= 0.6 is 0 Å². The van der Waals surface area contributed by atoms with Gasteiger partial charge in [0, 0.05) is 0 Å². The molecule has 0 aliphatic heterocycles. The van der Waals surface area contributed by atoms with E-state index < -0.39 is 33.9 Å². The van der Waals surface area contributed by atoms with Crippen molar-refractivity contribution in [3.8, 4) is 0 Å². The van der Waals surface area contributed by atoms with Crippen LogP contribution in [-0.2, 0) is 30.3 Å². The fourth-order valence-electron chi connectivity index (χ4n) is 2.13. The lowest BCUT2D eigenvalue weighted by atomic mass is 10.2. The van der Waals surface area contributed by atoms with Gasteiger partial charge in [-0.1, -0.05) is 24.3 Å². The lowest BCUT2D eigenvalue weighted by Crippen LogP contribution is -2.23. The van der Waals surface area contributed by atoms with Gasteiger partial charge < -0.3 is 0 Å². The van der Waals surface area contributed by atoms with E-state index in [1.54, 1.807) is 65.8 Å². The molecule has 0 aliphatic carbocycles. The third-order valence-electron chi connectivity index (χ3n) is 3.35. The largest absolute Gasteiger partial charge is 0.374 e. The molecule has 0 fully saturated rings. The van der Waals surface area contributed by atoms with Crippen LogP contribution in [0.25, 0.3) is 0 Å².